The van der Waals surface area contributed by atoms with E-state index < -0.39 is 6.04 Å². The third kappa shape index (κ3) is 3.30. The summed E-state index contributed by atoms with van der Waals surface area (Å²) >= 11 is 1.66. The maximum Gasteiger partial charge on any atom is 0.163 e. The minimum atomic E-state index is -0.445. The smallest absolute Gasteiger partial charge is 0.163 e. The molecule has 0 N–H and O–H groups in total. The van der Waals surface area contributed by atoms with Gasteiger partial charge in [-0.25, -0.2) is 0 Å². The molecule has 1 atom stereocenters. The molecule has 3 aromatic rings. The molecule has 148 valence electrons. The van der Waals surface area contributed by atoms with E-state index in [4.69, 9.17) is 4.99 Å². The maximum absolute atomic E-state index is 12.0. The number of fused-ring (bicyclic) bond motifs is 3. The molecule has 2 aromatic heterocycles. The van der Waals surface area contributed by atoms with E-state index in [-0.39, 0.29) is 19.6 Å². The van der Waals surface area contributed by atoms with Crippen LogP contribution in [0.5, 0.6) is 0 Å². The molecule has 7 heteroatoms. The van der Waals surface area contributed by atoms with Crippen LogP contribution >= 0.6 is 11.3 Å². The highest BCUT2D eigenvalue weighted by molar-refractivity contribution is 7.15. The molecule has 0 radical (unpaired) electrons. The van der Waals surface area contributed by atoms with Gasteiger partial charge in [-0.15, -0.1) is 21.5 Å². The number of nitrogens with zero attached hydrogens (tertiary/aromatic N) is 5. The van der Waals surface area contributed by atoms with Crippen molar-refractivity contribution in [2.24, 2.45) is 4.99 Å². The number of hydrogen-bond donors (Lipinski definition) is 0. The van der Waals surface area contributed by atoms with Gasteiger partial charge in [0.2, 0.25) is 0 Å². The van der Waals surface area contributed by atoms with Crippen molar-refractivity contribution in [1.82, 2.24) is 14.8 Å². The van der Waals surface area contributed by atoms with Gasteiger partial charge in [0.25, 0.3) is 0 Å². The molecular formula is C22H23N5OS. The molecule has 0 spiro atoms. The van der Waals surface area contributed by atoms with Crippen LogP contribution in [0.4, 0.5) is 0 Å². The number of nitriles is 1. The van der Waals surface area contributed by atoms with Crippen LogP contribution in [-0.4, -0.2) is 26.3 Å². The van der Waals surface area contributed by atoms with Crippen LogP contribution in [0.3, 0.4) is 0 Å². The zero-order chi connectivity index (χ0) is 20.0. The summed E-state index contributed by atoms with van der Waals surface area (Å²) in [4.78, 5) is 18.1. The Balaban J connectivity index is 0.00000240. The van der Waals surface area contributed by atoms with Gasteiger partial charge < -0.3 is 0 Å². The molecule has 0 aliphatic carbocycles. The maximum atomic E-state index is 12.0. The molecule has 0 fully saturated rings. The first-order valence-electron chi connectivity index (χ1n) is 9.01. The summed E-state index contributed by atoms with van der Waals surface area (Å²) in [5.41, 5.74) is 4.18. The summed E-state index contributed by atoms with van der Waals surface area (Å²) in [6.07, 6.45) is 0.239. The zero-order valence-electron chi connectivity index (χ0n) is 16.1. The molecule has 0 bridgehead atoms. The fourth-order valence-electron chi connectivity index (χ4n) is 3.57. The quantitative estimate of drug-likeness (QED) is 0.636. The number of benzene rings is 1. The Bertz CT molecular complexity index is 1180. The third-order valence-corrected chi connectivity index (χ3v) is 6.22. The van der Waals surface area contributed by atoms with E-state index in [1.54, 1.807) is 24.3 Å². The van der Waals surface area contributed by atoms with Gasteiger partial charge in [0.05, 0.1) is 17.3 Å². The second kappa shape index (κ2) is 7.72. The van der Waals surface area contributed by atoms with Crippen molar-refractivity contribution >= 4 is 22.8 Å². The highest BCUT2D eigenvalue weighted by atomic mass is 32.1. The van der Waals surface area contributed by atoms with E-state index in [0.717, 1.165) is 33.2 Å². The van der Waals surface area contributed by atoms with E-state index in [0.29, 0.717) is 11.4 Å². The largest absolute Gasteiger partial charge is 0.300 e. The van der Waals surface area contributed by atoms with Crippen LogP contribution in [0.2, 0.25) is 0 Å². The number of carbonyl (C=O) groups is 1. The first-order valence-corrected chi connectivity index (χ1v) is 9.83. The van der Waals surface area contributed by atoms with E-state index in [9.17, 15) is 10.1 Å². The SMILES string of the molecule is C.CC(=O)C[C@@H]1N=C(c2ccccc2C#N)c2c(sc(C)c2C)-n2c(C)nnc21. The number of aliphatic imine (C=N–C) groups is 1. The highest BCUT2D eigenvalue weighted by Crippen LogP contribution is 2.39. The summed E-state index contributed by atoms with van der Waals surface area (Å²) < 4.78 is 2.01. The molecule has 29 heavy (non-hydrogen) atoms. The van der Waals surface area contributed by atoms with Crippen LogP contribution in [0.1, 0.15) is 65.6 Å². The highest BCUT2D eigenvalue weighted by Gasteiger charge is 2.32. The molecule has 1 aromatic carbocycles. The Morgan fingerprint density at radius 1 is 1.24 bits per heavy atom. The Labute approximate surface area is 174 Å². The fraction of sp³-hybridized carbons (Fsp3) is 0.318. The molecule has 4 rings (SSSR count). The van der Waals surface area contributed by atoms with Gasteiger partial charge in [0.15, 0.2) is 5.82 Å². The summed E-state index contributed by atoms with van der Waals surface area (Å²) in [7, 11) is 0. The number of aromatic nitrogens is 3. The van der Waals surface area contributed by atoms with Crippen molar-refractivity contribution < 1.29 is 4.79 Å². The van der Waals surface area contributed by atoms with E-state index in [1.165, 1.54) is 4.88 Å². The second-order valence-corrected chi connectivity index (χ2v) is 8.16. The van der Waals surface area contributed by atoms with Crippen molar-refractivity contribution in [3.05, 3.63) is 63.0 Å². The minimum absolute atomic E-state index is 0. The summed E-state index contributed by atoms with van der Waals surface area (Å²) in [5.74, 6) is 1.46. The number of rotatable bonds is 3. The molecule has 0 saturated carbocycles. The Hall–Kier alpha value is -3.11. The van der Waals surface area contributed by atoms with Crippen LogP contribution in [0.25, 0.3) is 5.00 Å². The van der Waals surface area contributed by atoms with Gasteiger partial charge in [-0.05, 0) is 39.3 Å². The van der Waals surface area contributed by atoms with Crippen LogP contribution in [0, 0.1) is 32.1 Å². The normalized spacial score (nSPS) is 14.7. The summed E-state index contributed by atoms with van der Waals surface area (Å²) in [6, 6.07) is 9.29. The van der Waals surface area contributed by atoms with Crippen molar-refractivity contribution in [3.63, 3.8) is 0 Å². The lowest BCUT2D eigenvalue weighted by atomic mass is 9.96. The Morgan fingerprint density at radius 3 is 2.66 bits per heavy atom. The van der Waals surface area contributed by atoms with E-state index >= 15 is 0 Å². The van der Waals surface area contributed by atoms with Gasteiger partial charge in [0.1, 0.15) is 22.7 Å². The number of ketones is 1. The van der Waals surface area contributed by atoms with Crippen molar-refractivity contribution in [2.75, 3.05) is 0 Å². The van der Waals surface area contributed by atoms with Crippen LogP contribution < -0.4 is 0 Å². The molecule has 0 amide bonds. The van der Waals surface area contributed by atoms with Gasteiger partial charge in [0, 0.05) is 22.4 Å². The van der Waals surface area contributed by atoms with Gasteiger partial charge in [-0.2, -0.15) is 5.26 Å². The number of aryl methyl sites for hydroxylation is 2. The number of carbonyl (C=O) groups excluding carboxylic acids is 1. The lowest BCUT2D eigenvalue weighted by molar-refractivity contribution is -0.117. The molecule has 6 nitrogen and oxygen atoms in total. The first kappa shape index (κ1) is 20.6. The molecule has 0 unspecified atom stereocenters. The van der Waals surface area contributed by atoms with Crippen molar-refractivity contribution in [3.8, 4) is 11.1 Å². The topological polar surface area (TPSA) is 83.9 Å². The fourth-order valence-corrected chi connectivity index (χ4v) is 4.78. The lowest BCUT2D eigenvalue weighted by Crippen LogP contribution is -2.10. The average Bonchev–Trinajstić information content (AvgIpc) is 3.14. The monoisotopic (exact) mass is 405 g/mol. The van der Waals surface area contributed by atoms with Gasteiger partial charge in [-0.3, -0.25) is 14.4 Å². The number of thiophene rings is 1. The second-order valence-electron chi connectivity index (χ2n) is 6.96. The lowest BCUT2D eigenvalue weighted by Gasteiger charge is -2.12. The predicted molar refractivity (Wildman–Crippen MR) is 115 cm³/mol. The Morgan fingerprint density at radius 2 is 1.97 bits per heavy atom. The van der Waals surface area contributed by atoms with Crippen LogP contribution in [0.15, 0.2) is 29.3 Å². The molecule has 1 aliphatic heterocycles. The summed E-state index contributed by atoms with van der Waals surface area (Å²) in [5, 5.41) is 19.2. The predicted octanol–water partition coefficient (Wildman–Crippen LogP) is 4.63. The average molecular weight is 406 g/mol. The zero-order valence-corrected chi connectivity index (χ0v) is 17.0. The molecule has 1 aliphatic rings. The molecule has 3 heterocycles. The van der Waals surface area contributed by atoms with Crippen LogP contribution in [-0.2, 0) is 4.79 Å². The van der Waals surface area contributed by atoms with Crippen molar-refractivity contribution in [2.45, 2.75) is 47.6 Å². The first-order chi connectivity index (χ1) is 13.4. The molecular weight excluding hydrogens is 382 g/mol. The summed E-state index contributed by atoms with van der Waals surface area (Å²) in [6.45, 7) is 7.61. The van der Waals surface area contributed by atoms with E-state index in [2.05, 4.69) is 30.1 Å². The number of Topliss-reactive ketones (excluding diaryl/α,β-unsaturated/α-hetero) is 1. The van der Waals surface area contributed by atoms with Gasteiger partial charge >= 0.3 is 0 Å². The molecule has 0 saturated heterocycles. The third-order valence-electron chi connectivity index (χ3n) is 5.02. The standard InChI is InChI=1S/C21H19N5OS.CH4/c1-11(27)9-17-20-25-24-14(4)26(20)21-18(12(2)13(3)28-21)19(23-17)16-8-6-5-7-15(16)10-22;/h5-8,17H,9H2,1-4H3;1H4/t17-;/m0./s1. The number of hydrogen-bond acceptors (Lipinski definition) is 6. The van der Waals surface area contributed by atoms with E-state index in [1.807, 2.05) is 29.7 Å². The van der Waals surface area contributed by atoms with Crippen molar-refractivity contribution in [1.29, 1.82) is 5.26 Å². The Kier molecular flexibility index (Phi) is 5.49. The minimum Gasteiger partial charge on any atom is -0.300 e. The van der Waals surface area contributed by atoms with Gasteiger partial charge in [-0.1, -0.05) is 25.6 Å².